The molecule has 0 amide bonds. The van der Waals surface area contributed by atoms with Crippen LogP contribution in [0.5, 0.6) is 0 Å². The largest absolute Gasteiger partial charge is 0.385 e. The van der Waals surface area contributed by atoms with E-state index in [1.165, 1.54) is 96.9 Å². The molecule has 500 valence electrons. The second kappa shape index (κ2) is 92.4. The molecule has 6 aromatic rings. The third-order valence-corrected chi connectivity index (χ3v) is 27.8. The summed E-state index contributed by atoms with van der Waals surface area (Å²) in [7, 11) is 0. The van der Waals surface area contributed by atoms with Crippen molar-refractivity contribution in [2.75, 3.05) is 20.7 Å². The van der Waals surface area contributed by atoms with Crippen LogP contribution in [0, 0.1) is 41.0 Å². The average molecular weight is 1530 g/mol. The van der Waals surface area contributed by atoms with Crippen LogP contribution in [0.2, 0.25) is 13.3 Å². The number of aromatic amines is 1. The normalized spacial score (nSPS) is 8.47. The van der Waals surface area contributed by atoms with E-state index in [2.05, 4.69) is 169 Å². The van der Waals surface area contributed by atoms with E-state index in [0.717, 1.165) is 19.5 Å². The number of rotatable bonds is 19. The number of halogens is 2. The summed E-state index contributed by atoms with van der Waals surface area (Å²) in [6.45, 7) is 55.0. The molecule has 3 aromatic carbocycles. The van der Waals surface area contributed by atoms with Crippen molar-refractivity contribution in [3.8, 4) is 0 Å². The van der Waals surface area contributed by atoms with Crippen LogP contribution < -0.4 is 9.03 Å². The first kappa shape index (κ1) is 104. The van der Waals surface area contributed by atoms with Gasteiger partial charge >= 0.3 is 124 Å². The number of hydrogen-bond donors (Lipinski definition) is 2. The first-order chi connectivity index (χ1) is 41.9. The van der Waals surface area contributed by atoms with Gasteiger partial charge in [-0.1, -0.05) is 238 Å². The Hall–Kier alpha value is -3.77. The number of nitro groups is 2. The van der Waals surface area contributed by atoms with Gasteiger partial charge in [-0.05, 0) is 84.8 Å². The second-order valence-corrected chi connectivity index (χ2v) is 31.4. The number of nitrogens with one attached hydrogen (secondary N) is 2. The maximum atomic E-state index is 10.2. The summed E-state index contributed by atoms with van der Waals surface area (Å²) in [5, 5.41) is 23.9. The quantitative estimate of drug-likeness (QED) is 0.0207. The second-order valence-electron chi connectivity index (χ2n) is 16.2. The van der Waals surface area contributed by atoms with Gasteiger partial charge in [0.2, 0.25) is 0 Å². The maximum Gasteiger partial charge on any atom is 0.272 e. The topological polar surface area (TPSA) is 132 Å². The molecule has 0 fully saturated rings. The number of unbranched alkanes of at least 4 members (excludes halogenated alkanes) is 3. The van der Waals surface area contributed by atoms with Crippen LogP contribution in [0.15, 0.2) is 146 Å². The van der Waals surface area contributed by atoms with Gasteiger partial charge in [-0.15, -0.1) is 0 Å². The van der Waals surface area contributed by atoms with E-state index in [1.54, 1.807) is 54.0 Å². The number of alkyl halides is 2. The molecule has 13 heteroatoms. The minimum Gasteiger partial charge on any atom is -0.385 e. The van der Waals surface area contributed by atoms with E-state index in [-0.39, 0.29) is 21.2 Å². The molecule has 0 spiro atoms. The van der Waals surface area contributed by atoms with E-state index < -0.39 is 18.4 Å². The molecule has 0 aliphatic rings. The summed E-state index contributed by atoms with van der Waals surface area (Å²) >= 11 is 2.50. The molecule has 0 aliphatic carbocycles. The van der Waals surface area contributed by atoms with Gasteiger partial charge in [0.15, 0.2) is 0 Å². The Balaban J connectivity index is -0.0000000980. The predicted molar refractivity (Wildman–Crippen MR) is 414 cm³/mol. The summed E-state index contributed by atoms with van der Waals surface area (Å²) in [5.74, 6) is 0. The van der Waals surface area contributed by atoms with Gasteiger partial charge in [0.05, 0.1) is 9.85 Å². The number of benzene rings is 3. The summed E-state index contributed by atoms with van der Waals surface area (Å²) in [6.07, 6.45) is 22.0. The van der Waals surface area contributed by atoms with Crippen LogP contribution in [0.1, 0.15) is 234 Å². The van der Waals surface area contributed by atoms with Gasteiger partial charge in [-0.2, -0.15) is 0 Å². The number of pyridine rings is 1. The fraction of sp³-hybridized carbons (Fsp3) is 0.575. The van der Waals surface area contributed by atoms with Crippen molar-refractivity contribution in [1.82, 2.24) is 14.5 Å². The summed E-state index contributed by atoms with van der Waals surface area (Å²) in [4.78, 5) is 27.4. The van der Waals surface area contributed by atoms with Crippen LogP contribution >= 0.6 is 45.2 Å². The van der Waals surface area contributed by atoms with Crippen molar-refractivity contribution < 1.29 is 9.85 Å². The first-order valence-corrected chi connectivity index (χ1v) is 43.9. The van der Waals surface area contributed by atoms with Gasteiger partial charge < -0.3 is 14.9 Å². The average Bonchev–Trinajstić information content (AvgIpc) is 4.44. The molecule has 6 rings (SSSR count). The number of hydrogen-bond acceptors (Lipinski definition) is 6. The number of aromatic nitrogens is 3. The van der Waals surface area contributed by atoms with Crippen LogP contribution in [0.3, 0.4) is 0 Å². The van der Waals surface area contributed by atoms with E-state index >= 15 is 0 Å². The third kappa shape index (κ3) is 66.2. The molecule has 0 aliphatic heterocycles. The van der Waals surface area contributed by atoms with Gasteiger partial charge in [0.25, 0.3) is 11.4 Å². The molecular formula is C73H136I2N6O4Sn. The Morgan fingerprint density at radius 3 is 1.07 bits per heavy atom. The zero-order chi connectivity index (χ0) is 68.7. The molecule has 10 nitrogen and oxygen atoms in total. The van der Waals surface area contributed by atoms with Crippen molar-refractivity contribution in [3.05, 3.63) is 183 Å². The number of para-hydroxylation sites is 3. The Kier molecular flexibility index (Phi) is 112. The minimum atomic E-state index is -2.21. The van der Waals surface area contributed by atoms with Gasteiger partial charge in [-0.3, -0.25) is 20.2 Å². The minimum absolute atomic E-state index is 0.183. The van der Waals surface area contributed by atoms with Gasteiger partial charge in [0.1, 0.15) is 0 Å². The predicted octanol–water partition coefficient (Wildman–Crippen LogP) is 26.2. The van der Waals surface area contributed by atoms with Crippen molar-refractivity contribution in [2.24, 2.45) is 0 Å². The fourth-order valence-electron chi connectivity index (χ4n) is 6.57. The summed E-state index contributed by atoms with van der Waals surface area (Å²) < 4.78 is 10.9. The van der Waals surface area contributed by atoms with Crippen molar-refractivity contribution in [1.29, 1.82) is 0 Å². The van der Waals surface area contributed by atoms with E-state index in [1.807, 2.05) is 155 Å². The van der Waals surface area contributed by atoms with Crippen molar-refractivity contribution in [2.45, 2.75) is 258 Å². The number of H-pyrrole nitrogens is 1. The van der Waals surface area contributed by atoms with Crippen LogP contribution in [-0.4, -0.2) is 58.2 Å². The first-order valence-electron chi connectivity index (χ1n) is 33.3. The molecule has 0 saturated heterocycles. The molecule has 0 saturated carbocycles. The molecule has 86 heavy (non-hydrogen) atoms. The molecule has 0 bridgehead atoms. The Morgan fingerprint density at radius 2 is 0.802 bits per heavy atom. The monoisotopic (exact) mass is 1530 g/mol. The summed E-state index contributed by atoms with van der Waals surface area (Å²) in [6, 6.07) is 36.3. The molecule has 0 radical (unpaired) electrons. The van der Waals surface area contributed by atoms with Crippen LogP contribution in [0.25, 0.3) is 0 Å². The fourth-order valence-corrected chi connectivity index (χ4v) is 22.0. The Bertz CT molecular complexity index is 1970. The Morgan fingerprint density at radius 1 is 0.465 bits per heavy atom. The van der Waals surface area contributed by atoms with E-state index in [4.69, 9.17) is 4.98 Å². The molecule has 3 aromatic heterocycles. The molecular weight excluding hydrogens is 1400 g/mol. The zero-order valence-corrected chi connectivity index (χ0v) is 67.5. The van der Waals surface area contributed by atoms with Crippen LogP contribution in [0.4, 0.5) is 17.1 Å². The maximum absolute atomic E-state index is 10.2. The van der Waals surface area contributed by atoms with Crippen molar-refractivity contribution in [3.63, 3.8) is 0 Å². The van der Waals surface area contributed by atoms with E-state index in [0.29, 0.717) is 11.1 Å². The summed E-state index contributed by atoms with van der Waals surface area (Å²) in [5.41, 5.74) is 4.32. The SMILES string of the molecule is CC.CC.CC.CC.CC.CC.CC.CC.CC.CCCI.CCCI.CCC[CH2][Sn]([CH2]CCC)([CH2]CCC)[c]1ccccn1.Cc1ccccc1NCCCn1cccc1.Cc1ccccc1[N+](=O)[O-].Cc1ccccc1[N+](=O)[O-].c1cc[nH]c1. The van der Waals surface area contributed by atoms with Crippen molar-refractivity contribution >= 4 is 84.3 Å². The zero-order valence-electron chi connectivity index (χ0n) is 60.3. The third-order valence-electron chi connectivity index (χ3n) is 10.5. The molecule has 3 heterocycles. The molecule has 0 atom stereocenters. The van der Waals surface area contributed by atoms with E-state index in [9.17, 15) is 20.2 Å². The van der Waals surface area contributed by atoms with Crippen LogP contribution in [-0.2, 0) is 6.54 Å². The smallest absolute Gasteiger partial charge is 0.272 e. The molecule has 2 N–H and O–H groups in total. The number of aryl methyl sites for hydroxylation is 4. The Labute approximate surface area is 565 Å². The van der Waals surface area contributed by atoms with Gasteiger partial charge in [-0.25, -0.2) is 0 Å². The number of nitrogens with zero attached hydrogens (tertiary/aromatic N) is 4. The standard InChI is InChI=1S/C14H18N2.2C7H7NO2.C5H4N.C4H5N.3C4H9.2C3H7I.9C2H6.Sn/c1-13-7-2-3-8-14(13)15-9-6-12-16-10-4-5-11-16;2*1-6-4-2-3-5-7(6)8(9)10;1-2-4-6-5-3-1;1-2-4-5-3-1;3*1-3-4-2;2*1-2-3-4;9*1-2;/h2-5,7-8,10-11,15H,6,9,12H2,1H3;2*2-5H,1H3;1-4H;1-5H;3*1,3-4H2,2H3;2*2-3H2,1H3;9*1-2H3;. The van der Waals surface area contributed by atoms with Gasteiger partial charge in [0, 0.05) is 66.8 Å². The number of anilines is 1. The molecule has 0 unspecified atom stereocenters. The number of nitro benzene ring substituents is 2.